The van der Waals surface area contributed by atoms with Crippen molar-refractivity contribution < 1.29 is 0 Å². The van der Waals surface area contributed by atoms with Gasteiger partial charge in [-0.2, -0.15) is 0 Å². The maximum absolute atomic E-state index is 3.36. The van der Waals surface area contributed by atoms with Crippen LogP contribution < -0.4 is 5.32 Å². The molecule has 2 aliphatic rings. The fourth-order valence-corrected chi connectivity index (χ4v) is 1.37. The Morgan fingerprint density at radius 1 is 1.33 bits per heavy atom. The van der Waals surface area contributed by atoms with Crippen molar-refractivity contribution in [3.05, 3.63) is 0 Å². The van der Waals surface area contributed by atoms with E-state index in [0.29, 0.717) is 0 Å². The van der Waals surface area contributed by atoms with Crippen molar-refractivity contribution in [2.75, 3.05) is 6.54 Å². The molecule has 1 atom stereocenters. The minimum Gasteiger partial charge on any atom is -0.313 e. The molecule has 1 unspecified atom stereocenters. The molecule has 2 fully saturated rings. The van der Waals surface area contributed by atoms with Crippen molar-refractivity contribution in [3.63, 3.8) is 0 Å². The Bertz CT molecular complexity index is 94.7. The highest BCUT2D eigenvalue weighted by atomic mass is 15.1. The standard InChI is InChI=1S/C6H11N.C2H6/c1-5-6(2-3-6)4-7-5;1-2/h5,7H,2-4H2,1H3;1-2H3. The third kappa shape index (κ3) is 0.983. The molecule has 1 aliphatic carbocycles. The zero-order valence-corrected chi connectivity index (χ0v) is 6.70. The van der Waals surface area contributed by atoms with Crippen molar-refractivity contribution in [2.45, 2.75) is 39.7 Å². The smallest absolute Gasteiger partial charge is 0.0108 e. The molecule has 1 saturated carbocycles. The van der Waals surface area contributed by atoms with Crippen LogP contribution in [0.5, 0.6) is 0 Å². The van der Waals surface area contributed by atoms with E-state index in [1.165, 1.54) is 19.4 Å². The number of nitrogens with one attached hydrogen (secondary N) is 1. The predicted octanol–water partition coefficient (Wildman–Crippen LogP) is 1.78. The first-order valence-corrected chi connectivity index (χ1v) is 4.07. The lowest BCUT2D eigenvalue weighted by molar-refractivity contribution is 0.225. The maximum Gasteiger partial charge on any atom is 0.0108 e. The van der Waals surface area contributed by atoms with Crippen molar-refractivity contribution >= 4 is 0 Å². The average Bonchev–Trinajstić information content (AvgIpc) is 2.69. The lowest BCUT2D eigenvalue weighted by atomic mass is 9.90. The summed E-state index contributed by atoms with van der Waals surface area (Å²) in [7, 11) is 0. The molecule has 0 aromatic rings. The zero-order chi connectivity index (χ0) is 6.91. The van der Waals surface area contributed by atoms with Gasteiger partial charge >= 0.3 is 0 Å². The second kappa shape index (κ2) is 2.30. The van der Waals surface area contributed by atoms with E-state index in [-0.39, 0.29) is 0 Å². The summed E-state index contributed by atoms with van der Waals surface area (Å²) in [6, 6.07) is 0.840. The van der Waals surface area contributed by atoms with E-state index in [1.807, 2.05) is 13.8 Å². The van der Waals surface area contributed by atoms with Gasteiger partial charge in [-0.15, -0.1) is 0 Å². The molecule has 1 spiro atoms. The molecule has 9 heavy (non-hydrogen) atoms. The van der Waals surface area contributed by atoms with Gasteiger partial charge in [-0.25, -0.2) is 0 Å². The van der Waals surface area contributed by atoms with Gasteiger partial charge in [0, 0.05) is 12.6 Å². The summed E-state index contributed by atoms with van der Waals surface area (Å²) in [6.07, 6.45) is 2.97. The first-order valence-electron chi connectivity index (χ1n) is 4.07. The molecular weight excluding hydrogens is 110 g/mol. The maximum atomic E-state index is 3.36. The fourth-order valence-electron chi connectivity index (χ4n) is 1.37. The van der Waals surface area contributed by atoms with E-state index >= 15 is 0 Å². The predicted molar refractivity (Wildman–Crippen MR) is 40.5 cm³/mol. The molecule has 0 aromatic heterocycles. The molecule has 0 bridgehead atoms. The molecule has 0 radical (unpaired) electrons. The van der Waals surface area contributed by atoms with Crippen molar-refractivity contribution in [2.24, 2.45) is 5.41 Å². The largest absolute Gasteiger partial charge is 0.313 e. The van der Waals surface area contributed by atoms with E-state index in [1.54, 1.807) is 0 Å². The normalized spacial score (nSPS) is 34.3. The lowest BCUT2D eigenvalue weighted by Gasteiger charge is -2.35. The quantitative estimate of drug-likeness (QED) is 0.523. The summed E-state index contributed by atoms with van der Waals surface area (Å²) in [5.41, 5.74) is 0.819. The van der Waals surface area contributed by atoms with Crippen LogP contribution in [-0.4, -0.2) is 12.6 Å². The van der Waals surface area contributed by atoms with Gasteiger partial charge in [0.25, 0.3) is 0 Å². The van der Waals surface area contributed by atoms with Crippen LogP contribution in [0.3, 0.4) is 0 Å². The first kappa shape index (κ1) is 7.07. The lowest BCUT2D eigenvalue weighted by Crippen LogP contribution is -2.52. The Balaban J connectivity index is 0.000000186. The molecule has 1 heteroatoms. The Labute approximate surface area is 57.8 Å². The van der Waals surface area contributed by atoms with Crippen LogP contribution in [0.25, 0.3) is 0 Å². The van der Waals surface area contributed by atoms with Gasteiger partial charge in [0.15, 0.2) is 0 Å². The van der Waals surface area contributed by atoms with E-state index in [4.69, 9.17) is 0 Å². The third-order valence-electron chi connectivity index (χ3n) is 2.57. The van der Waals surface area contributed by atoms with Crippen LogP contribution in [-0.2, 0) is 0 Å². The molecule has 2 rings (SSSR count). The number of hydrogen-bond acceptors (Lipinski definition) is 1. The molecular formula is C8H17N. The second-order valence-corrected chi connectivity index (χ2v) is 2.96. The summed E-state index contributed by atoms with van der Waals surface area (Å²) < 4.78 is 0. The number of rotatable bonds is 0. The Morgan fingerprint density at radius 2 is 1.89 bits per heavy atom. The van der Waals surface area contributed by atoms with Crippen LogP contribution >= 0.6 is 0 Å². The second-order valence-electron chi connectivity index (χ2n) is 2.96. The Hall–Kier alpha value is -0.0400. The SMILES string of the molecule is CC.CC1NCC12CC2. The first-order chi connectivity index (χ1) is 4.33. The zero-order valence-electron chi connectivity index (χ0n) is 6.70. The summed E-state index contributed by atoms with van der Waals surface area (Å²) in [4.78, 5) is 0. The van der Waals surface area contributed by atoms with Gasteiger partial charge in [-0.3, -0.25) is 0 Å². The van der Waals surface area contributed by atoms with Crippen LogP contribution in [0.1, 0.15) is 33.6 Å². The van der Waals surface area contributed by atoms with E-state index in [9.17, 15) is 0 Å². The highest BCUT2D eigenvalue weighted by molar-refractivity contribution is 5.09. The molecule has 54 valence electrons. The van der Waals surface area contributed by atoms with Crippen molar-refractivity contribution in [1.82, 2.24) is 5.32 Å². The van der Waals surface area contributed by atoms with E-state index in [0.717, 1.165) is 11.5 Å². The van der Waals surface area contributed by atoms with Crippen LogP contribution in [0, 0.1) is 5.41 Å². The summed E-state index contributed by atoms with van der Waals surface area (Å²) in [6.45, 7) is 7.59. The molecule has 1 N–H and O–H groups in total. The van der Waals surface area contributed by atoms with Gasteiger partial charge in [0.1, 0.15) is 0 Å². The fraction of sp³-hybridized carbons (Fsp3) is 1.00. The van der Waals surface area contributed by atoms with Gasteiger partial charge in [-0.1, -0.05) is 13.8 Å². The van der Waals surface area contributed by atoms with Gasteiger partial charge in [0.05, 0.1) is 0 Å². The van der Waals surface area contributed by atoms with Gasteiger partial charge in [0.2, 0.25) is 0 Å². The van der Waals surface area contributed by atoms with Gasteiger partial charge in [-0.05, 0) is 25.2 Å². The van der Waals surface area contributed by atoms with Crippen LogP contribution in [0.15, 0.2) is 0 Å². The average molecular weight is 127 g/mol. The van der Waals surface area contributed by atoms with E-state index < -0.39 is 0 Å². The molecule has 1 nitrogen and oxygen atoms in total. The Morgan fingerprint density at radius 3 is 1.89 bits per heavy atom. The summed E-state index contributed by atoms with van der Waals surface area (Å²) >= 11 is 0. The van der Waals surface area contributed by atoms with Crippen LogP contribution in [0.2, 0.25) is 0 Å². The molecule has 1 heterocycles. The molecule has 1 aliphatic heterocycles. The minimum atomic E-state index is 0.819. The third-order valence-corrected chi connectivity index (χ3v) is 2.57. The topological polar surface area (TPSA) is 12.0 Å². The summed E-state index contributed by atoms with van der Waals surface area (Å²) in [5, 5.41) is 3.36. The highest BCUT2D eigenvalue weighted by Crippen LogP contribution is 2.52. The van der Waals surface area contributed by atoms with Gasteiger partial charge < -0.3 is 5.32 Å². The monoisotopic (exact) mass is 127 g/mol. The van der Waals surface area contributed by atoms with E-state index in [2.05, 4.69) is 12.2 Å². The Kier molecular flexibility index (Phi) is 1.80. The van der Waals surface area contributed by atoms with Crippen molar-refractivity contribution in [3.8, 4) is 0 Å². The number of hydrogen-bond donors (Lipinski definition) is 1. The molecule has 0 amide bonds. The minimum absolute atomic E-state index is 0.819. The molecule has 1 saturated heterocycles. The summed E-state index contributed by atoms with van der Waals surface area (Å²) in [5.74, 6) is 0. The highest BCUT2D eigenvalue weighted by Gasteiger charge is 2.53. The van der Waals surface area contributed by atoms with Crippen LogP contribution in [0.4, 0.5) is 0 Å². The molecule has 0 aromatic carbocycles. The van der Waals surface area contributed by atoms with Crippen molar-refractivity contribution in [1.29, 1.82) is 0 Å².